The Morgan fingerprint density at radius 1 is 1.29 bits per heavy atom. The third-order valence-corrected chi connectivity index (χ3v) is 2.54. The van der Waals surface area contributed by atoms with Crippen LogP contribution in [0, 0.1) is 5.92 Å². The van der Waals surface area contributed by atoms with Gasteiger partial charge in [-0.2, -0.15) is 0 Å². The lowest BCUT2D eigenvalue weighted by Gasteiger charge is -2.21. The van der Waals surface area contributed by atoms with Crippen LogP contribution >= 0.6 is 0 Å². The van der Waals surface area contributed by atoms with Crippen molar-refractivity contribution in [3.05, 3.63) is 0 Å². The van der Waals surface area contributed by atoms with E-state index >= 15 is 0 Å². The van der Waals surface area contributed by atoms with Gasteiger partial charge in [-0.1, -0.05) is 6.92 Å². The van der Waals surface area contributed by atoms with E-state index in [0.29, 0.717) is 0 Å². The highest BCUT2D eigenvalue weighted by Crippen LogP contribution is 2.14. The quantitative estimate of drug-likeness (QED) is 0.632. The molecule has 1 N–H and O–H groups in total. The molecule has 0 aromatic rings. The van der Waals surface area contributed by atoms with E-state index in [-0.39, 0.29) is 0 Å². The Hall–Kier alpha value is -0.120. The summed E-state index contributed by atoms with van der Waals surface area (Å²) in [5, 5.41) is 3.32. The van der Waals surface area contributed by atoms with Gasteiger partial charge in [-0.3, -0.25) is 0 Å². The first-order valence-electron chi connectivity index (χ1n) is 5.79. The van der Waals surface area contributed by atoms with Crippen LogP contribution in [0.5, 0.6) is 0 Å². The van der Waals surface area contributed by atoms with Gasteiger partial charge in [0.1, 0.15) is 0 Å². The molecule has 14 heavy (non-hydrogen) atoms. The molecule has 0 radical (unpaired) electrons. The molecule has 3 heteroatoms. The molecule has 0 unspecified atom stereocenters. The Morgan fingerprint density at radius 2 is 2.07 bits per heavy atom. The molecule has 0 amide bonds. The number of nitrogens with one attached hydrogen (secondary N) is 1. The second-order valence-electron chi connectivity index (χ2n) is 3.88. The summed E-state index contributed by atoms with van der Waals surface area (Å²) in [5.41, 5.74) is 0. The van der Waals surface area contributed by atoms with Gasteiger partial charge in [-0.05, 0) is 31.7 Å². The zero-order chi connectivity index (χ0) is 10.1. The summed E-state index contributed by atoms with van der Waals surface area (Å²) >= 11 is 0. The molecule has 0 spiro atoms. The van der Waals surface area contributed by atoms with Gasteiger partial charge in [0.2, 0.25) is 0 Å². The lowest BCUT2D eigenvalue weighted by molar-refractivity contribution is 0.0214. The van der Waals surface area contributed by atoms with Crippen LogP contribution in [-0.2, 0) is 9.47 Å². The van der Waals surface area contributed by atoms with E-state index in [0.717, 1.165) is 45.4 Å². The standard InChI is InChI=1S/C11H23NO2/c1-2-5-12-6-9-14-10-11-3-7-13-8-4-11/h11-12H,2-10H2,1H3. The van der Waals surface area contributed by atoms with Gasteiger partial charge >= 0.3 is 0 Å². The molecule has 0 aromatic heterocycles. The molecule has 84 valence electrons. The largest absolute Gasteiger partial charge is 0.381 e. The minimum Gasteiger partial charge on any atom is -0.381 e. The van der Waals surface area contributed by atoms with Crippen molar-refractivity contribution in [1.82, 2.24) is 5.32 Å². The van der Waals surface area contributed by atoms with E-state index in [2.05, 4.69) is 12.2 Å². The summed E-state index contributed by atoms with van der Waals surface area (Å²) in [5.74, 6) is 0.731. The van der Waals surface area contributed by atoms with Crippen LogP contribution in [-0.4, -0.2) is 39.5 Å². The van der Waals surface area contributed by atoms with Crippen molar-refractivity contribution in [2.45, 2.75) is 26.2 Å². The Bertz CT molecular complexity index is 124. The fourth-order valence-corrected chi connectivity index (χ4v) is 1.61. The lowest BCUT2D eigenvalue weighted by Crippen LogP contribution is -2.24. The van der Waals surface area contributed by atoms with Crippen LogP contribution in [0.1, 0.15) is 26.2 Å². The Labute approximate surface area is 87.2 Å². The van der Waals surface area contributed by atoms with E-state index in [9.17, 15) is 0 Å². The van der Waals surface area contributed by atoms with Crippen molar-refractivity contribution in [3.63, 3.8) is 0 Å². The third kappa shape index (κ3) is 5.58. The molecular formula is C11H23NO2. The van der Waals surface area contributed by atoms with Gasteiger partial charge in [0, 0.05) is 26.4 Å². The second kappa shape index (κ2) is 8.21. The summed E-state index contributed by atoms with van der Waals surface area (Å²) in [7, 11) is 0. The van der Waals surface area contributed by atoms with E-state index in [1.165, 1.54) is 19.3 Å². The molecule has 1 rings (SSSR count). The molecule has 1 fully saturated rings. The van der Waals surface area contributed by atoms with E-state index in [4.69, 9.17) is 9.47 Å². The lowest BCUT2D eigenvalue weighted by atomic mass is 10.0. The van der Waals surface area contributed by atoms with Crippen LogP contribution < -0.4 is 5.32 Å². The maximum absolute atomic E-state index is 5.60. The number of ether oxygens (including phenoxy) is 2. The maximum Gasteiger partial charge on any atom is 0.0591 e. The van der Waals surface area contributed by atoms with Gasteiger partial charge in [0.05, 0.1) is 6.61 Å². The summed E-state index contributed by atoms with van der Waals surface area (Å²) in [6, 6.07) is 0. The average Bonchev–Trinajstić information content (AvgIpc) is 2.25. The third-order valence-electron chi connectivity index (χ3n) is 2.54. The molecule has 0 bridgehead atoms. The fraction of sp³-hybridized carbons (Fsp3) is 1.00. The number of rotatable bonds is 7. The van der Waals surface area contributed by atoms with Crippen molar-refractivity contribution < 1.29 is 9.47 Å². The van der Waals surface area contributed by atoms with Crippen molar-refractivity contribution in [2.75, 3.05) is 39.5 Å². The van der Waals surface area contributed by atoms with Crippen LogP contribution in [0.15, 0.2) is 0 Å². The Balaban J connectivity index is 1.82. The minimum absolute atomic E-state index is 0.731. The van der Waals surface area contributed by atoms with Crippen LogP contribution in [0.25, 0.3) is 0 Å². The molecule has 0 aromatic carbocycles. The zero-order valence-corrected chi connectivity index (χ0v) is 9.26. The van der Waals surface area contributed by atoms with Crippen molar-refractivity contribution >= 4 is 0 Å². The molecule has 0 aliphatic carbocycles. The molecule has 0 saturated carbocycles. The summed E-state index contributed by atoms with van der Waals surface area (Å²) in [6.45, 7) is 7.85. The SMILES string of the molecule is CCCNCCOCC1CCOCC1. The average molecular weight is 201 g/mol. The second-order valence-corrected chi connectivity index (χ2v) is 3.88. The highest BCUT2D eigenvalue weighted by Gasteiger charge is 2.13. The number of hydrogen-bond acceptors (Lipinski definition) is 3. The molecule has 1 aliphatic rings. The predicted molar refractivity (Wildman–Crippen MR) is 57.5 cm³/mol. The predicted octanol–water partition coefficient (Wildman–Crippen LogP) is 1.43. The topological polar surface area (TPSA) is 30.5 Å². The first kappa shape index (κ1) is 12.0. The molecule has 1 saturated heterocycles. The van der Waals surface area contributed by atoms with Crippen molar-refractivity contribution in [2.24, 2.45) is 5.92 Å². The smallest absolute Gasteiger partial charge is 0.0591 e. The van der Waals surface area contributed by atoms with Gasteiger partial charge < -0.3 is 14.8 Å². The fourth-order valence-electron chi connectivity index (χ4n) is 1.61. The molecule has 3 nitrogen and oxygen atoms in total. The minimum atomic E-state index is 0.731. The summed E-state index contributed by atoms with van der Waals surface area (Å²) in [4.78, 5) is 0. The van der Waals surface area contributed by atoms with Gasteiger partial charge in [0.25, 0.3) is 0 Å². The Kier molecular flexibility index (Phi) is 7.01. The van der Waals surface area contributed by atoms with E-state index in [1.54, 1.807) is 0 Å². The first-order valence-corrected chi connectivity index (χ1v) is 5.79. The normalized spacial score (nSPS) is 18.6. The van der Waals surface area contributed by atoms with Gasteiger partial charge in [-0.15, -0.1) is 0 Å². The van der Waals surface area contributed by atoms with Crippen LogP contribution in [0.2, 0.25) is 0 Å². The summed E-state index contributed by atoms with van der Waals surface area (Å²) in [6.07, 6.45) is 3.53. The monoisotopic (exact) mass is 201 g/mol. The van der Waals surface area contributed by atoms with Gasteiger partial charge in [-0.25, -0.2) is 0 Å². The van der Waals surface area contributed by atoms with E-state index < -0.39 is 0 Å². The Morgan fingerprint density at radius 3 is 2.79 bits per heavy atom. The van der Waals surface area contributed by atoms with Gasteiger partial charge in [0.15, 0.2) is 0 Å². The van der Waals surface area contributed by atoms with Crippen LogP contribution in [0.4, 0.5) is 0 Å². The maximum atomic E-state index is 5.60. The first-order chi connectivity index (χ1) is 6.93. The van der Waals surface area contributed by atoms with Crippen molar-refractivity contribution in [1.29, 1.82) is 0 Å². The summed E-state index contributed by atoms with van der Waals surface area (Å²) < 4.78 is 10.9. The van der Waals surface area contributed by atoms with Crippen LogP contribution in [0.3, 0.4) is 0 Å². The molecule has 1 heterocycles. The van der Waals surface area contributed by atoms with E-state index in [1.807, 2.05) is 0 Å². The highest BCUT2D eigenvalue weighted by molar-refractivity contribution is 4.62. The highest BCUT2D eigenvalue weighted by atomic mass is 16.5. The molecule has 0 atom stereocenters. The molecular weight excluding hydrogens is 178 g/mol. The van der Waals surface area contributed by atoms with Crippen molar-refractivity contribution in [3.8, 4) is 0 Å². The zero-order valence-electron chi connectivity index (χ0n) is 9.26. The molecule has 1 aliphatic heterocycles. The number of hydrogen-bond donors (Lipinski definition) is 1.